The first-order valence-electron chi connectivity index (χ1n) is 7.02. The topological polar surface area (TPSA) is 83.1 Å². The Morgan fingerprint density at radius 2 is 2.19 bits per heavy atom. The molecule has 108 valence electrons. The number of hydrogen-bond donors (Lipinski definition) is 2. The van der Waals surface area contributed by atoms with E-state index < -0.39 is 6.10 Å². The number of benzene rings is 1. The molecule has 1 atom stereocenters. The minimum atomic E-state index is -0.586. The molecule has 1 unspecified atom stereocenters. The van der Waals surface area contributed by atoms with Gasteiger partial charge in [-0.25, -0.2) is 0 Å². The van der Waals surface area contributed by atoms with Crippen LogP contribution in [0.5, 0.6) is 5.75 Å². The van der Waals surface area contributed by atoms with Crippen LogP contribution in [0.25, 0.3) is 0 Å². The van der Waals surface area contributed by atoms with Crippen LogP contribution in [0, 0.1) is 0 Å². The predicted molar refractivity (Wildman–Crippen MR) is 76.4 cm³/mol. The molecule has 2 aliphatic heterocycles. The number of para-hydroxylation sites is 2. The van der Waals surface area contributed by atoms with Crippen LogP contribution in [0.3, 0.4) is 0 Å². The van der Waals surface area contributed by atoms with Crippen LogP contribution in [0.1, 0.15) is 12.2 Å². The molecule has 21 heavy (non-hydrogen) atoms. The summed E-state index contributed by atoms with van der Waals surface area (Å²) in [7, 11) is 0. The van der Waals surface area contributed by atoms with Crippen molar-refractivity contribution >= 4 is 17.5 Å². The van der Waals surface area contributed by atoms with E-state index in [1.54, 1.807) is 0 Å². The van der Waals surface area contributed by atoms with Crippen molar-refractivity contribution < 1.29 is 9.53 Å². The third-order valence-electron chi connectivity index (χ3n) is 3.74. The van der Waals surface area contributed by atoms with Gasteiger partial charge >= 0.3 is 0 Å². The van der Waals surface area contributed by atoms with E-state index in [0.717, 1.165) is 13.1 Å². The first kappa shape index (κ1) is 12.2. The number of ether oxygens (including phenoxy) is 1. The Bertz CT molecular complexity index is 680. The molecule has 2 aliphatic rings. The molecule has 0 bridgehead atoms. The van der Waals surface area contributed by atoms with Gasteiger partial charge < -0.3 is 15.0 Å². The summed E-state index contributed by atoms with van der Waals surface area (Å²) in [5.74, 6) is 1.89. The SMILES string of the molecule is O=C1Nc2ccccc2OC1Cc1nc(N2CCC2)n[nH]1. The third kappa shape index (κ3) is 2.20. The van der Waals surface area contributed by atoms with E-state index in [0.29, 0.717) is 29.6 Å². The van der Waals surface area contributed by atoms with Crippen LogP contribution in [0.15, 0.2) is 24.3 Å². The normalized spacial score (nSPS) is 20.3. The zero-order chi connectivity index (χ0) is 14.2. The number of nitrogens with zero attached hydrogens (tertiary/aromatic N) is 3. The molecule has 1 aromatic heterocycles. The number of H-pyrrole nitrogens is 1. The molecule has 3 heterocycles. The summed E-state index contributed by atoms with van der Waals surface area (Å²) in [6, 6.07) is 7.40. The lowest BCUT2D eigenvalue weighted by atomic mass is 10.1. The Balaban J connectivity index is 1.49. The molecule has 4 rings (SSSR count). The van der Waals surface area contributed by atoms with Crippen molar-refractivity contribution in [1.82, 2.24) is 15.2 Å². The molecule has 1 aromatic carbocycles. The van der Waals surface area contributed by atoms with Crippen molar-refractivity contribution in [2.75, 3.05) is 23.3 Å². The number of amides is 1. The minimum Gasteiger partial charge on any atom is -0.478 e. The Hall–Kier alpha value is -2.57. The van der Waals surface area contributed by atoms with E-state index in [1.165, 1.54) is 6.42 Å². The highest BCUT2D eigenvalue weighted by Gasteiger charge is 2.29. The van der Waals surface area contributed by atoms with Gasteiger partial charge in [-0.3, -0.25) is 9.89 Å². The second kappa shape index (κ2) is 4.76. The maximum atomic E-state index is 12.1. The van der Waals surface area contributed by atoms with Crippen molar-refractivity contribution in [3.63, 3.8) is 0 Å². The summed E-state index contributed by atoms with van der Waals surface area (Å²) in [5.41, 5.74) is 0.706. The van der Waals surface area contributed by atoms with Crippen LogP contribution in [0.2, 0.25) is 0 Å². The van der Waals surface area contributed by atoms with Crippen LogP contribution < -0.4 is 15.0 Å². The molecule has 0 aliphatic carbocycles. The molecule has 7 heteroatoms. The molecule has 2 N–H and O–H groups in total. The summed E-state index contributed by atoms with van der Waals surface area (Å²) >= 11 is 0. The van der Waals surface area contributed by atoms with E-state index >= 15 is 0 Å². The number of fused-ring (bicyclic) bond motifs is 1. The largest absolute Gasteiger partial charge is 0.478 e. The van der Waals surface area contributed by atoms with Gasteiger partial charge in [0.25, 0.3) is 5.91 Å². The average molecular weight is 285 g/mol. The summed E-state index contributed by atoms with van der Waals surface area (Å²) in [5, 5.41) is 9.91. The number of aromatic nitrogens is 3. The third-order valence-corrected chi connectivity index (χ3v) is 3.74. The number of anilines is 2. The molecule has 0 saturated carbocycles. The highest BCUT2D eigenvalue weighted by Crippen LogP contribution is 2.29. The van der Waals surface area contributed by atoms with E-state index in [4.69, 9.17) is 4.74 Å². The fourth-order valence-corrected chi connectivity index (χ4v) is 2.44. The van der Waals surface area contributed by atoms with Gasteiger partial charge in [-0.05, 0) is 18.6 Å². The van der Waals surface area contributed by atoms with E-state index in [2.05, 4.69) is 25.4 Å². The van der Waals surface area contributed by atoms with Gasteiger partial charge in [0.2, 0.25) is 5.95 Å². The predicted octanol–water partition coefficient (Wildman–Crippen LogP) is 0.957. The molecule has 0 spiro atoms. The molecule has 7 nitrogen and oxygen atoms in total. The van der Waals surface area contributed by atoms with Crippen LogP contribution in [0.4, 0.5) is 11.6 Å². The highest BCUT2D eigenvalue weighted by atomic mass is 16.5. The molecule has 1 amide bonds. The maximum Gasteiger partial charge on any atom is 0.266 e. The lowest BCUT2D eigenvalue weighted by Gasteiger charge is -2.29. The number of rotatable bonds is 3. The van der Waals surface area contributed by atoms with Crippen LogP contribution >= 0.6 is 0 Å². The summed E-state index contributed by atoms with van der Waals surface area (Å²) in [4.78, 5) is 18.6. The molecule has 0 radical (unpaired) electrons. The van der Waals surface area contributed by atoms with Crippen molar-refractivity contribution in [2.24, 2.45) is 0 Å². The van der Waals surface area contributed by atoms with Gasteiger partial charge in [-0.1, -0.05) is 12.1 Å². The lowest BCUT2D eigenvalue weighted by Crippen LogP contribution is -2.39. The quantitative estimate of drug-likeness (QED) is 0.877. The van der Waals surface area contributed by atoms with Gasteiger partial charge in [0.1, 0.15) is 11.6 Å². The number of carbonyl (C=O) groups is 1. The minimum absolute atomic E-state index is 0.157. The summed E-state index contributed by atoms with van der Waals surface area (Å²) < 4.78 is 5.74. The molecular weight excluding hydrogens is 270 g/mol. The highest BCUT2D eigenvalue weighted by molar-refractivity contribution is 5.97. The number of hydrogen-bond acceptors (Lipinski definition) is 5. The Kier molecular flexibility index (Phi) is 2.77. The van der Waals surface area contributed by atoms with Gasteiger partial charge in [-0.2, -0.15) is 4.98 Å². The van der Waals surface area contributed by atoms with Gasteiger partial charge in [0.15, 0.2) is 6.10 Å². The molecule has 1 saturated heterocycles. The van der Waals surface area contributed by atoms with Crippen molar-refractivity contribution in [1.29, 1.82) is 0 Å². The van der Waals surface area contributed by atoms with Gasteiger partial charge in [0.05, 0.1) is 12.1 Å². The maximum absolute atomic E-state index is 12.1. The smallest absolute Gasteiger partial charge is 0.266 e. The monoisotopic (exact) mass is 285 g/mol. The zero-order valence-electron chi connectivity index (χ0n) is 11.4. The van der Waals surface area contributed by atoms with Crippen molar-refractivity contribution in [3.8, 4) is 5.75 Å². The van der Waals surface area contributed by atoms with Crippen LogP contribution in [-0.2, 0) is 11.2 Å². The van der Waals surface area contributed by atoms with E-state index in [9.17, 15) is 4.79 Å². The summed E-state index contributed by atoms with van der Waals surface area (Å²) in [6.07, 6.45) is 0.965. The zero-order valence-corrected chi connectivity index (χ0v) is 11.4. The average Bonchev–Trinajstić information content (AvgIpc) is 2.86. The fourth-order valence-electron chi connectivity index (χ4n) is 2.44. The first-order valence-corrected chi connectivity index (χ1v) is 7.02. The molecule has 2 aromatic rings. The number of aromatic amines is 1. The number of nitrogens with one attached hydrogen (secondary N) is 2. The Labute approximate surface area is 121 Å². The lowest BCUT2D eigenvalue weighted by molar-refractivity contribution is -0.123. The standard InChI is InChI=1S/C14H15N5O2/c20-13-11(21-10-5-2-1-4-9(10)15-13)8-12-16-14(18-17-12)19-6-3-7-19/h1-2,4-5,11H,3,6-8H2,(H,15,20)(H,16,17,18). The van der Waals surface area contributed by atoms with Gasteiger partial charge in [-0.15, -0.1) is 5.10 Å². The Morgan fingerprint density at radius 1 is 1.33 bits per heavy atom. The number of carbonyl (C=O) groups excluding carboxylic acids is 1. The van der Waals surface area contributed by atoms with Gasteiger partial charge in [0, 0.05) is 13.1 Å². The fraction of sp³-hybridized carbons (Fsp3) is 0.357. The van der Waals surface area contributed by atoms with Crippen molar-refractivity contribution in [3.05, 3.63) is 30.1 Å². The molecule has 1 fully saturated rings. The second-order valence-corrected chi connectivity index (χ2v) is 5.22. The summed E-state index contributed by atoms with van der Waals surface area (Å²) in [6.45, 7) is 1.98. The van der Waals surface area contributed by atoms with E-state index in [-0.39, 0.29) is 5.91 Å². The van der Waals surface area contributed by atoms with Crippen LogP contribution in [-0.4, -0.2) is 40.3 Å². The second-order valence-electron chi connectivity index (χ2n) is 5.22. The van der Waals surface area contributed by atoms with Crippen molar-refractivity contribution in [2.45, 2.75) is 18.9 Å². The molecular formula is C14H15N5O2. The van der Waals surface area contributed by atoms with E-state index in [1.807, 2.05) is 24.3 Å². The first-order chi connectivity index (χ1) is 10.3. The Morgan fingerprint density at radius 3 is 3.00 bits per heavy atom.